The zero-order valence-corrected chi connectivity index (χ0v) is 10.9. The number of hydrogen-bond donors (Lipinski definition) is 1. The molecular formula is C14H17ClFNO. The number of rotatable bonds is 2. The van der Waals surface area contributed by atoms with Crippen molar-refractivity contribution in [3.8, 4) is 0 Å². The minimum Gasteiger partial charge on any atom is -0.393 e. The van der Waals surface area contributed by atoms with Crippen LogP contribution in [0, 0.1) is 17.7 Å². The van der Waals surface area contributed by atoms with E-state index in [0.29, 0.717) is 23.4 Å². The largest absolute Gasteiger partial charge is 0.393 e. The molecule has 2 fully saturated rings. The highest BCUT2D eigenvalue weighted by molar-refractivity contribution is 6.31. The fourth-order valence-corrected chi connectivity index (χ4v) is 3.58. The van der Waals surface area contributed by atoms with Gasteiger partial charge in [-0.25, -0.2) is 4.39 Å². The van der Waals surface area contributed by atoms with Gasteiger partial charge in [-0.3, -0.25) is 4.90 Å². The molecule has 1 aromatic rings. The number of nitrogens with zero attached hydrogens (tertiary/aromatic N) is 1. The summed E-state index contributed by atoms with van der Waals surface area (Å²) in [4.78, 5) is 2.32. The Hall–Kier alpha value is -0.640. The lowest BCUT2D eigenvalue weighted by Crippen LogP contribution is -2.22. The molecule has 1 aromatic carbocycles. The molecule has 0 spiro atoms. The third-order valence-corrected chi connectivity index (χ3v) is 4.57. The van der Waals surface area contributed by atoms with Crippen molar-refractivity contribution in [1.82, 2.24) is 4.90 Å². The molecule has 3 rings (SSSR count). The van der Waals surface area contributed by atoms with E-state index in [4.69, 9.17) is 11.6 Å². The maximum Gasteiger partial charge on any atom is 0.123 e. The molecule has 1 heterocycles. The first-order valence-electron chi connectivity index (χ1n) is 6.46. The number of fused-ring (bicyclic) bond motifs is 1. The quantitative estimate of drug-likeness (QED) is 0.892. The third kappa shape index (κ3) is 2.40. The molecule has 1 saturated carbocycles. The van der Waals surface area contributed by atoms with E-state index < -0.39 is 0 Å². The van der Waals surface area contributed by atoms with Crippen LogP contribution in [0.25, 0.3) is 0 Å². The van der Waals surface area contributed by atoms with Crippen molar-refractivity contribution < 1.29 is 9.50 Å². The minimum absolute atomic E-state index is 0.111. The van der Waals surface area contributed by atoms with Crippen LogP contribution in [0.2, 0.25) is 5.02 Å². The second-order valence-corrected chi connectivity index (χ2v) is 5.98. The lowest BCUT2D eigenvalue weighted by atomic mass is 10.0. The Morgan fingerprint density at radius 2 is 1.94 bits per heavy atom. The Labute approximate surface area is 111 Å². The minimum atomic E-state index is -0.232. The van der Waals surface area contributed by atoms with Crippen LogP contribution in [0.15, 0.2) is 18.2 Å². The Bertz CT molecular complexity index is 439. The molecule has 3 atom stereocenters. The van der Waals surface area contributed by atoms with Crippen LogP contribution < -0.4 is 0 Å². The highest BCUT2D eigenvalue weighted by atomic mass is 35.5. The average Bonchev–Trinajstić information content (AvgIpc) is 2.80. The van der Waals surface area contributed by atoms with E-state index in [1.807, 2.05) is 0 Å². The molecule has 2 nitrogen and oxygen atoms in total. The number of aliphatic hydroxyl groups excluding tert-OH is 1. The molecule has 0 bridgehead atoms. The molecule has 1 aliphatic heterocycles. The summed E-state index contributed by atoms with van der Waals surface area (Å²) in [5, 5.41) is 10.2. The first-order chi connectivity index (χ1) is 8.61. The van der Waals surface area contributed by atoms with Gasteiger partial charge in [0.1, 0.15) is 5.82 Å². The van der Waals surface area contributed by atoms with Gasteiger partial charge in [0.2, 0.25) is 0 Å². The number of benzene rings is 1. The zero-order chi connectivity index (χ0) is 12.7. The Morgan fingerprint density at radius 3 is 2.61 bits per heavy atom. The highest BCUT2D eigenvalue weighted by Gasteiger charge is 2.40. The molecule has 1 unspecified atom stereocenters. The fourth-order valence-electron chi connectivity index (χ4n) is 3.40. The first-order valence-corrected chi connectivity index (χ1v) is 6.84. The first kappa shape index (κ1) is 12.4. The van der Waals surface area contributed by atoms with E-state index in [0.717, 1.165) is 31.5 Å². The molecule has 4 heteroatoms. The van der Waals surface area contributed by atoms with Gasteiger partial charge in [-0.15, -0.1) is 0 Å². The molecular weight excluding hydrogens is 253 g/mol. The van der Waals surface area contributed by atoms with E-state index >= 15 is 0 Å². The summed E-state index contributed by atoms with van der Waals surface area (Å²) in [6.07, 6.45) is 1.72. The number of halogens is 2. The van der Waals surface area contributed by atoms with Crippen molar-refractivity contribution in [2.45, 2.75) is 25.5 Å². The predicted octanol–water partition coefficient (Wildman–Crippen LogP) is 2.68. The molecule has 0 aromatic heterocycles. The second kappa shape index (κ2) is 4.80. The van der Waals surface area contributed by atoms with Crippen LogP contribution in [-0.2, 0) is 6.54 Å². The summed E-state index contributed by atoms with van der Waals surface area (Å²) >= 11 is 6.09. The smallest absolute Gasteiger partial charge is 0.123 e. The Balaban J connectivity index is 1.66. The van der Waals surface area contributed by atoms with Gasteiger partial charge in [0, 0.05) is 24.7 Å². The van der Waals surface area contributed by atoms with Crippen molar-refractivity contribution in [2.75, 3.05) is 13.1 Å². The molecule has 1 saturated heterocycles. The molecule has 2 aliphatic rings. The summed E-state index contributed by atoms with van der Waals surface area (Å²) in [5.41, 5.74) is 0.859. The molecule has 1 aliphatic carbocycles. The van der Waals surface area contributed by atoms with Crippen molar-refractivity contribution in [1.29, 1.82) is 0 Å². The SMILES string of the molecule is OC1C[C@@H]2CN(Cc3cc(F)ccc3Cl)C[C@@H]2C1. The molecule has 18 heavy (non-hydrogen) atoms. The van der Waals surface area contributed by atoms with Gasteiger partial charge in [-0.2, -0.15) is 0 Å². The van der Waals surface area contributed by atoms with Crippen LogP contribution in [0.3, 0.4) is 0 Å². The third-order valence-electron chi connectivity index (χ3n) is 4.20. The van der Waals surface area contributed by atoms with Crippen molar-refractivity contribution in [3.63, 3.8) is 0 Å². The maximum absolute atomic E-state index is 13.2. The van der Waals surface area contributed by atoms with E-state index in [1.54, 1.807) is 6.07 Å². The molecule has 0 radical (unpaired) electrons. The molecule has 98 valence electrons. The second-order valence-electron chi connectivity index (χ2n) is 5.58. The van der Waals surface area contributed by atoms with Crippen molar-refractivity contribution >= 4 is 11.6 Å². The van der Waals surface area contributed by atoms with Crippen LogP contribution >= 0.6 is 11.6 Å². The number of aliphatic hydroxyl groups is 1. The average molecular weight is 270 g/mol. The summed E-state index contributed by atoms with van der Waals surface area (Å²) in [7, 11) is 0. The predicted molar refractivity (Wildman–Crippen MR) is 68.9 cm³/mol. The summed E-state index contributed by atoms with van der Waals surface area (Å²) in [5.74, 6) is 0.976. The highest BCUT2D eigenvalue weighted by Crippen LogP contribution is 2.38. The van der Waals surface area contributed by atoms with Crippen LogP contribution in [0.1, 0.15) is 18.4 Å². The molecule has 1 N–H and O–H groups in total. The summed E-state index contributed by atoms with van der Waals surface area (Å²) in [6.45, 7) is 2.70. The van der Waals surface area contributed by atoms with Gasteiger partial charge in [-0.05, 0) is 48.4 Å². The van der Waals surface area contributed by atoms with Crippen LogP contribution in [-0.4, -0.2) is 29.2 Å². The van der Waals surface area contributed by atoms with Gasteiger partial charge in [0.05, 0.1) is 6.10 Å². The van der Waals surface area contributed by atoms with Gasteiger partial charge in [-0.1, -0.05) is 11.6 Å². The summed E-state index contributed by atoms with van der Waals surface area (Å²) in [6, 6.07) is 4.53. The van der Waals surface area contributed by atoms with E-state index in [-0.39, 0.29) is 11.9 Å². The zero-order valence-electron chi connectivity index (χ0n) is 10.1. The number of hydrogen-bond acceptors (Lipinski definition) is 2. The van der Waals surface area contributed by atoms with Gasteiger partial charge in [0.15, 0.2) is 0 Å². The van der Waals surface area contributed by atoms with Crippen LogP contribution in [0.4, 0.5) is 4.39 Å². The maximum atomic E-state index is 13.2. The normalized spacial score (nSPS) is 31.8. The Kier molecular flexibility index (Phi) is 3.31. The van der Waals surface area contributed by atoms with E-state index in [9.17, 15) is 9.50 Å². The van der Waals surface area contributed by atoms with E-state index in [1.165, 1.54) is 12.1 Å². The summed E-state index contributed by atoms with van der Waals surface area (Å²) < 4.78 is 13.2. The van der Waals surface area contributed by atoms with Gasteiger partial charge in [0.25, 0.3) is 0 Å². The lowest BCUT2D eigenvalue weighted by Gasteiger charge is -2.18. The van der Waals surface area contributed by atoms with Crippen molar-refractivity contribution in [3.05, 3.63) is 34.6 Å². The fraction of sp³-hybridized carbons (Fsp3) is 0.571. The topological polar surface area (TPSA) is 23.5 Å². The van der Waals surface area contributed by atoms with Crippen LogP contribution in [0.5, 0.6) is 0 Å². The lowest BCUT2D eigenvalue weighted by molar-refractivity contribution is 0.161. The van der Waals surface area contributed by atoms with Gasteiger partial charge >= 0.3 is 0 Å². The Morgan fingerprint density at radius 1 is 1.28 bits per heavy atom. The standard InChI is InChI=1S/C14H17ClFNO/c15-14-2-1-12(16)3-11(14)8-17-6-9-4-13(18)5-10(9)7-17/h1-3,9-10,13,18H,4-8H2/t9-,10+,13?. The van der Waals surface area contributed by atoms with E-state index in [2.05, 4.69) is 4.90 Å². The van der Waals surface area contributed by atoms with Gasteiger partial charge < -0.3 is 5.11 Å². The number of likely N-dealkylation sites (tertiary alicyclic amines) is 1. The monoisotopic (exact) mass is 269 g/mol. The molecule has 0 amide bonds. The van der Waals surface area contributed by atoms with Crippen molar-refractivity contribution in [2.24, 2.45) is 11.8 Å².